The normalized spacial score (nSPS) is 11.4. The van der Waals surface area contributed by atoms with Crippen LogP contribution in [0.2, 0.25) is 15.1 Å². The lowest BCUT2D eigenvalue weighted by Gasteiger charge is -2.17. The predicted molar refractivity (Wildman–Crippen MR) is 135 cm³/mol. The lowest BCUT2D eigenvalue weighted by Crippen LogP contribution is -2.42. The van der Waals surface area contributed by atoms with Crippen molar-refractivity contribution in [1.82, 2.24) is 5.32 Å². The van der Waals surface area contributed by atoms with Crippen molar-refractivity contribution in [3.05, 3.63) is 98.0 Å². The predicted octanol–water partition coefficient (Wildman–Crippen LogP) is 5.53. The van der Waals surface area contributed by atoms with E-state index < -0.39 is 23.8 Å². The average molecular weight is 534 g/mol. The highest BCUT2D eigenvalue weighted by atomic mass is 35.5. The summed E-state index contributed by atoms with van der Waals surface area (Å²) in [6.45, 7) is 1.29. The number of hydrogen-bond acceptors (Lipinski definition) is 4. The Morgan fingerprint density at radius 2 is 1.34 bits per heavy atom. The number of carboxylic acid groups (broad SMARTS) is 1. The molecule has 0 saturated heterocycles. The first-order chi connectivity index (χ1) is 16.6. The van der Waals surface area contributed by atoms with Gasteiger partial charge in [0.05, 0.1) is 26.2 Å². The third-order valence-electron chi connectivity index (χ3n) is 5.06. The van der Waals surface area contributed by atoms with Crippen LogP contribution in [0, 0.1) is 0 Å². The molecule has 0 aliphatic rings. The van der Waals surface area contributed by atoms with E-state index in [1.807, 2.05) is 0 Å². The molecule has 3 rings (SSSR count). The number of benzene rings is 3. The minimum atomic E-state index is -1.29. The number of amides is 2. The topological polar surface area (TPSA) is 113 Å². The monoisotopic (exact) mass is 532 g/mol. The van der Waals surface area contributed by atoms with Gasteiger partial charge in [-0.25, -0.2) is 4.79 Å². The zero-order valence-electron chi connectivity index (χ0n) is 18.3. The van der Waals surface area contributed by atoms with E-state index in [4.69, 9.17) is 34.8 Å². The maximum atomic E-state index is 12.8. The molecule has 0 bridgehead atoms. The molecule has 3 aromatic carbocycles. The number of aliphatic carboxylic acids is 1. The number of nitrogens with one attached hydrogen (secondary N) is 2. The summed E-state index contributed by atoms with van der Waals surface area (Å²) < 4.78 is 0. The van der Waals surface area contributed by atoms with E-state index in [9.17, 15) is 24.3 Å². The first-order valence-corrected chi connectivity index (χ1v) is 11.4. The van der Waals surface area contributed by atoms with Gasteiger partial charge in [0, 0.05) is 17.7 Å². The summed E-state index contributed by atoms with van der Waals surface area (Å²) in [4.78, 5) is 49.0. The second-order valence-corrected chi connectivity index (χ2v) is 8.76. The van der Waals surface area contributed by atoms with Gasteiger partial charge in [0.1, 0.15) is 6.04 Å². The minimum absolute atomic E-state index is 0.0399. The molecular formula is C25H19Cl3N2O5. The Morgan fingerprint density at radius 3 is 1.89 bits per heavy atom. The van der Waals surface area contributed by atoms with Crippen LogP contribution in [0.3, 0.4) is 0 Å². The van der Waals surface area contributed by atoms with Crippen LogP contribution in [0.25, 0.3) is 0 Å². The molecule has 3 aromatic rings. The molecular weight excluding hydrogens is 515 g/mol. The van der Waals surface area contributed by atoms with Crippen molar-refractivity contribution >= 4 is 64.1 Å². The lowest BCUT2D eigenvalue weighted by atomic mass is 10.0. The molecule has 35 heavy (non-hydrogen) atoms. The highest BCUT2D eigenvalue weighted by Crippen LogP contribution is 2.25. The number of Topliss-reactive ketones (excluding diaryl/α,β-unsaturated/α-hetero) is 1. The molecule has 0 radical (unpaired) electrons. The highest BCUT2D eigenvalue weighted by molar-refractivity contribution is 6.40. The standard InChI is InChI=1S/C25H19Cl3N2O5/c1-13(31)16-4-2-5-17(26)21(16)23(32)30-20(25(34)35)12-14-8-10-15(11-9-14)29-24(33)22-18(27)6-3-7-19(22)28/h2-11,20H,12H2,1H3,(H,29,33)(H,30,32)(H,34,35)/t20-/m0/s1. The second kappa shape index (κ2) is 11.4. The number of carboxylic acids is 1. The van der Waals surface area contributed by atoms with Gasteiger partial charge in [-0.1, -0.05) is 65.1 Å². The van der Waals surface area contributed by atoms with Crippen LogP contribution < -0.4 is 10.6 Å². The number of hydrogen-bond donors (Lipinski definition) is 3. The van der Waals surface area contributed by atoms with Crippen molar-refractivity contribution in [3.63, 3.8) is 0 Å². The summed E-state index contributed by atoms with van der Waals surface area (Å²) in [6.07, 6.45) is -0.0501. The van der Waals surface area contributed by atoms with Crippen LogP contribution in [0.4, 0.5) is 5.69 Å². The molecule has 1 atom stereocenters. The van der Waals surface area contributed by atoms with Gasteiger partial charge >= 0.3 is 5.97 Å². The van der Waals surface area contributed by atoms with Gasteiger partial charge in [-0.2, -0.15) is 0 Å². The number of anilines is 1. The fraction of sp³-hybridized carbons (Fsp3) is 0.120. The van der Waals surface area contributed by atoms with Crippen LogP contribution in [-0.2, 0) is 11.2 Å². The van der Waals surface area contributed by atoms with Gasteiger partial charge in [0.25, 0.3) is 11.8 Å². The number of carbonyl (C=O) groups excluding carboxylic acids is 3. The smallest absolute Gasteiger partial charge is 0.326 e. The molecule has 0 unspecified atom stereocenters. The Kier molecular flexibility index (Phi) is 8.51. The summed E-state index contributed by atoms with van der Waals surface area (Å²) in [6, 6.07) is 14.3. The number of ketones is 1. The SMILES string of the molecule is CC(=O)c1cccc(Cl)c1C(=O)N[C@@H](Cc1ccc(NC(=O)c2c(Cl)cccc2Cl)cc1)C(=O)O. The first kappa shape index (κ1) is 26.2. The zero-order chi connectivity index (χ0) is 25.7. The van der Waals surface area contributed by atoms with E-state index in [1.165, 1.54) is 25.1 Å². The van der Waals surface area contributed by atoms with Crippen LogP contribution >= 0.6 is 34.8 Å². The molecule has 2 amide bonds. The third-order valence-corrected chi connectivity index (χ3v) is 6.01. The average Bonchev–Trinajstić information content (AvgIpc) is 2.79. The molecule has 0 aromatic heterocycles. The summed E-state index contributed by atoms with van der Waals surface area (Å²) in [5.41, 5.74) is 1.17. The lowest BCUT2D eigenvalue weighted by molar-refractivity contribution is -0.139. The van der Waals surface area contributed by atoms with Crippen molar-refractivity contribution in [3.8, 4) is 0 Å². The number of carbonyl (C=O) groups is 4. The van der Waals surface area contributed by atoms with Gasteiger partial charge in [0.15, 0.2) is 5.78 Å². The fourth-order valence-electron chi connectivity index (χ4n) is 3.35. The van der Waals surface area contributed by atoms with Crippen molar-refractivity contribution in [2.24, 2.45) is 0 Å². The fourth-order valence-corrected chi connectivity index (χ4v) is 4.18. The van der Waals surface area contributed by atoms with Crippen LogP contribution in [0.15, 0.2) is 60.7 Å². The van der Waals surface area contributed by atoms with Gasteiger partial charge in [-0.05, 0) is 42.8 Å². The minimum Gasteiger partial charge on any atom is -0.480 e. The van der Waals surface area contributed by atoms with Gasteiger partial charge in [-0.15, -0.1) is 0 Å². The zero-order valence-corrected chi connectivity index (χ0v) is 20.5. The molecule has 0 heterocycles. The van der Waals surface area contributed by atoms with E-state index in [0.29, 0.717) is 11.3 Å². The molecule has 0 aliphatic heterocycles. The van der Waals surface area contributed by atoms with Crippen molar-refractivity contribution in [2.75, 3.05) is 5.32 Å². The first-order valence-electron chi connectivity index (χ1n) is 10.3. The van der Waals surface area contributed by atoms with Crippen LogP contribution in [0.1, 0.15) is 43.6 Å². The molecule has 0 spiro atoms. The Labute approximate surface area is 216 Å². The Morgan fingerprint density at radius 1 is 0.800 bits per heavy atom. The molecule has 0 saturated carbocycles. The van der Waals surface area contributed by atoms with Gasteiger partial charge < -0.3 is 15.7 Å². The molecule has 3 N–H and O–H groups in total. The van der Waals surface area contributed by atoms with Gasteiger partial charge in [0.2, 0.25) is 0 Å². The van der Waals surface area contributed by atoms with E-state index in [-0.39, 0.29) is 44.0 Å². The third kappa shape index (κ3) is 6.39. The summed E-state index contributed by atoms with van der Waals surface area (Å²) in [5, 5.41) is 15.2. The summed E-state index contributed by atoms with van der Waals surface area (Å²) >= 11 is 18.2. The Balaban J connectivity index is 1.73. The molecule has 7 nitrogen and oxygen atoms in total. The molecule has 0 fully saturated rings. The molecule has 10 heteroatoms. The Bertz CT molecular complexity index is 1290. The number of rotatable bonds is 8. The van der Waals surface area contributed by atoms with Crippen LogP contribution in [0.5, 0.6) is 0 Å². The molecule has 0 aliphatic carbocycles. The largest absolute Gasteiger partial charge is 0.480 e. The van der Waals surface area contributed by atoms with Gasteiger partial charge in [-0.3, -0.25) is 14.4 Å². The Hall–Kier alpha value is -3.39. The maximum Gasteiger partial charge on any atom is 0.326 e. The van der Waals surface area contributed by atoms with E-state index in [1.54, 1.807) is 42.5 Å². The van der Waals surface area contributed by atoms with Crippen molar-refractivity contribution in [1.29, 1.82) is 0 Å². The van der Waals surface area contributed by atoms with Crippen molar-refractivity contribution in [2.45, 2.75) is 19.4 Å². The van der Waals surface area contributed by atoms with E-state index in [2.05, 4.69) is 10.6 Å². The quantitative estimate of drug-likeness (QED) is 0.330. The summed E-state index contributed by atoms with van der Waals surface area (Å²) in [5.74, 6) is -2.90. The van der Waals surface area contributed by atoms with Crippen molar-refractivity contribution < 1.29 is 24.3 Å². The maximum absolute atomic E-state index is 12.8. The van der Waals surface area contributed by atoms with E-state index in [0.717, 1.165) is 0 Å². The number of halogens is 3. The highest BCUT2D eigenvalue weighted by Gasteiger charge is 2.25. The molecule has 180 valence electrons. The van der Waals surface area contributed by atoms with Crippen LogP contribution in [-0.4, -0.2) is 34.7 Å². The van der Waals surface area contributed by atoms with E-state index >= 15 is 0 Å². The summed E-state index contributed by atoms with van der Waals surface area (Å²) in [7, 11) is 0. The second-order valence-electron chi connectivity index (χ2n) is 7.53.